The Labute approximate surface area is 155 Å². The predicted octanol–water partition coefficient (Wildman–Crippen LogP) is 5.97. The molecule has 0 N–H and O–H groups in total. The molecule has 26 heavy (non-hydrogen) atoms. The molecule has 2 heterocycles. The zero-order chi connectivity index (χ0) is 18.5. The maximum Gasteiger partial charge on any atom is 0.0967 e. The standard InChI is InChI=1S/C24H24N2/c1-5-7-9-11-19-20(12-10-8-6-2)22-14-18(4)16-26-24(22)23-21(19)13-17(3)15-25-23/h5-10,13-16H,1-2,11-12H2,3-4H3. The first kappa shape index (κ1) is 17.8. The summed E-state index contributed by atoms with van der Waals surface area (Å²) in [6.45, 7) is 11.7. The maximum atomic E-state index is 4.72. The van der Waals surface area contributed by atoms with Gasteiger partial charge in [0.2, 0.25) is 0 Å². The number of fused-ring (bicyclic) bond motifs is 3. The van der Waals surface area contributed by atoms with Crippen molar-refractivity contribution in [3.05, 3.63) is 96.4 Å². The molecule has 0 saturated carbocycles. The van der Waals surface area contributed by atoms with Crippen LogP contribution in [0.3, 0.4) is 0 Å². The Kier molecular flexibility index (Phi) is 5.43. The molecule has 0 amide bonds. The lowest BCUT2D eigenvalue weighted by atomic mass is 9.91. The fourth-order valence-electron chi connectivity index (χ4n) is 3.33. The molecule has 0 aliphatic carbocycles. The third kappa shape index (κ3) is 3.50. The van der Waals surface area contributed by atoms with E-state index in [-0.39, 0.29) is 0 Å². The van der Waals surface area contributed by atoms with Crippen molar-refractivity contribution in [3.63, 3.8) is 0 Å². The number of rotatable bonds is 6. The first-order valence-electron chi connectivity index (χ1n) is 8.87. The van der Waals surface area contributed by atoms with Crippen molar-refractivity contribution in [2.45, 2.75) is 26.7 Å². The van der Waals surface area contributed by atoms with Crippen molar-refractivity contribution >= 4 is 21.8 Å². The van der Waals surface area contributed by atoms with Crippen LogP contribution >= 0.6 is 0 Å². The van der Waals surface area contributed by atoms with Gasteiger partial charge in [-0.05, 0) is 61.1 Å². The highest BCUT2D eigenvalue weighted by molar-refractivity contribution is 6.07. The van der Waals surface area contributed by atoms with Gasteiger partial charge in [-0.1, -0.05) is 49.6 Å². The summed E-state index contributed by atoms with van der Waals surface area (Å²) in [5.74, 6) is 0. The van der Waals surface area contributed by atoms with Crippen molar-refractivity contribution in [2.24, 2.45) is 0 Å². The number of pyridine rings is 2. The Morgan fingerprint density at radius 1 is 0.769 bits per heavy atom. The number of aromatic nitrogens is 2. The second-order valence-corrected chi connectivity index (χ2v) is 6.51. The molecule has 0 spiro atoms. The Morgan fingerprint density at radius 2 is 1.19 bits per heavy atom. The third-order valence-corrected chi connectivity index (χ3v) is 4.48. The van der Waals surface area contributed by atoms with E-state index in [1.807, 2.05) is 36.7 Å². The van der Waals surface area contributed by atoms with Gasteiger partial charge in [-0.3, -0.25) is 9.97 Å². The second kappa shape index (κ2) is 7.92. The van der Waals surface area contributed by atoms with Gasteiger partial charge in [0.1, 0.15) is 0 Å². The molecule has 0 saturated heterocycles. The third-order valence-electron chi connectivity index (χ3n) is 4.48. The molecule has 0 aliphatic heterocycles. The van der Waals surface area contributed by atoms with Crippen LogP contribution in [0, 0.1) is 13.8 Å². The minimum absolute atomic E-state index is 0.842. The Morgan fingerprint density at radius 3 is 1.58 bits per heavy atom. The lowest BCUT2D eigenvalue weighted by molar-refractivity contribution is 1.17. The fraction of sp³-hybridized carbons (Fsp3) is 0.167. The highest BCUT2D eigenvalue weighted by Crippen LogP contribution is 2.33. The Hall–Kier alpha value is -3.00. The lowest BCUT2D eigenvalue weighted by Gasteiger charge is -2.15. The smallest absolute Gasteiger partial charge is 0.0967 e. The van der Waals surface area contributed by atoms with Crippen molar-refractivity contribution in [1.82, 2.24) is 9.97 Å². The maximum absolute atomic E-state index is 4.72. The van der Waals surface area contributed by atoms with E-state index in [9.17, 15) is 0 Å². The molecule has 3 aromatic rings. The molecular weight excluding hydrogens is 316 g/mol. The van der Waals surface area contributed by atoms with Crippen LogP contribution in [0.2, 0.25) is 0 Å². The van der Waals surface area contributed by atoms with Crippen molar-refractivity contribution in [3.8, 4) is 0 Å². The monoisotopic (exact) mass is 340 g/mol. The van der Waals surface area contributed by atoms with Gasteiger partial charge < -0.3 is 0 Å². The summed E-state index contributed by atoms with van der Waals surface area (Å²) in [4.78, 5) is 9.45. The summed E-state index contributed by atoms with van der Waals surface area (Å²) in [5.41, 5.74) is 6.88. The molecule has 0 fully saturated rings. The lowest BCUT2D eigenvalue weighted by Crippen LogP contribution is -2.00. The molecule has 0 atom stereocenters. The largest absolute Gasteiger partial charge is 0.254 e. The summed E-state index contributed by atoms with van der Waals surface area (Å²) in [5, 5.41) is 2.37. The van der Waals surface area contributed by atoms with E-state index >= 15 is 0 Å². The van der Waals surface area contributed by atoms with E-state index in [1.165, 1.54) is 21.9 Å². The average molecular weight is 340 g/mol. The Bertz CT molecular complexity index is 954. The summed E-state index contributed by atoms with van der Waals surface area (Å²) < 4.78 is 0. The average Bonchev–Trinajstić information content (AvgIpc) is 2.63. The molecule has 0 aliphatic rings. The molecule has 0 bridgehead atoms. The topological polar surface area (TPSA) is 25.8 Å². The molecule has 2 aromatic heterocycles. The summed E-state index contributed by atoms with van der Waals surface area (Å²) in [6.07, 6.45) is 17.5. The van der Waals surface area contributed by atoms with Gasteiger partial charge in [0.25, 0.3) is 0 Å². The summed E-state index contributed by atoms with van der Waals surface area (Å²) in [6, 6.07) is 4.45. The van der Waals surface area contributed by atoms with E-state index < -0.39 is 0 Å². The fourth-order valence-corrected chi connectivity index (χ4v) is 3.33. The van der Waals surface area contributed by atoms with Gasteiger partial charge in [0.05, 0.1) is 11.0 Å². The van der Waals surface area contributed by atoms with E-state index in [0.29, 0.717) is 0 Å². The number of allylic oxidation sites excluding steroid dienone is 6. The second-order valence-electron chi connectivity index (χ2n) is 6.51. The van der Waals surface area contributed by atoms with Crippen molar-refractivity contribution in [1.29, 1.82) is 0 Å². The number of hydrogen-bond donors (Lipinski definition) is 0. The zero-order valence-electron chi connectivity index (χ0n) is 15.5. The van der Waals surface area contributed by atoms with Crippen LogP contribution < -0.4 is 0 Å². The molecule has 3 rings (SSSR count). The van der Waals surface area contributed by atoms with E-state index in [0.717, 1.165) is 35.0 Å². The highest BCUT2D eigenvalue weighted by Gasteiger charge is 2.15. The van der Waals surface area contributed by atoms with Gasteiger partial charge in [0, 0.05) is 23.2 Å². The number of hydrogen-bond acceptors (Lipinski definition) is 2. The van der Waals surface area contributed by atoms with E-state index in [1.54, 1.807) is 0 Å². The minimum Gasteiger partial charge on any atom is -0.254 e. The van der Waals surface area contributed by atoms with Crippen LogP contribution in [0.4, 0.5) is 0 Å². The number of benzene rings is 1. The molecule has 2 heteroatoms. The van der Waals surface area contributed by atoms with Crippen molar-refractivity contribution in [2.75, 3.05) is 0 Å². The molecule has 0 unspecified atom stereocenters. The van der Waals surface area contributed by atoms with Gasteiger partial charge in [-0.2, -0.15) is 0 Å². The molecule has 0 radical (unpaired) electrons. The van der Waals surface area contributed by atoms with Crippen LogP contribution in [-0.4, -0.2) is 9.97 Å². The van der Waals surface area contributed by atoms with Crippen LogP contribution in [-0.2, 0) is 12.8 Å². The molecule has 1 aromatic carbocycles. The van der Waals surface area contributed by atoms with Crippen molar-refractivity contribution < 1.29 is 0 Å². The first-order chi connectivity index (χ1) is 12.7. The van der Waals surface area contributed by atoms with Crippen LogP contribution in [0.5, 0.6) is 0 Å². The number of nitrogens with zero attached hydrogens (tertiary/aromatic N) is 2. The molecule has 2 nitrogen and oxygen atoms in total. The summed E-state index contributed by atoms with van der Waals surface area (Å²) >= 11 is 0. The highest BCUT2D eigenvalue weighted by atomic mass is 14.7. The van der Waals surface area contributed by atoms with Gasteiger partial charge in [0.15, 0.2) is 0 Å². The minimum atomic E-state index is 0.842. The Balaban J connectivity index is 2.40. The zero-order valence-corrected chi connectivity index (χ0v) is 15.5. The number of aryl methyl sites for hydroxylation is 2. The van der Waals surface area contributed by atoms with E-state index in [2.05, 4.69) is 51.3 Å². The first-order valence-corrected chi connectivity index (χ1v) is 8.87. The molecule has 130 valence electrons. The van der Waals surface area contributed by atoms with Crippen LogP contribution in [0.25, 0.3) is 21.8 Å². The van der Waals surface area contributed by atoms with Crippen LogP contribution in [0.15, 0.2) is 74.1 Å². The quantitative estimate of drug-likeness (QED) is 0.408. The van der Waals surface area contributed by atoms with E-state index in [4.69, 9.17) is 9.97 Å². The van der Waals surface area contributed by atoms with Gasteiger partial charge in [-0.25, -0.2) is 0 Å². The molecular formula is C24H24N2. The normalized spacial score (nSPS) is 11.8. The van der Waals surface area contributed by atoms with Gasteiger partial charge >= 0.3 is 0 Å². The van der Waals surface area contributed by atoms with Gasteiger partial charge in [-0.15, -0.1) is 0 Å². The summed E-state index contributed by atoms with van der Waals surface area (Å²) in [7, 11) is 0. The van der Waals surface area contributed by atoms with Crippen LogP contribution in [0.1, 0.15) is 22.3 Å². The SMILES string of the molecule is C=CC=CCc1c(CC=CC=C)c2cc(C)cnc2c2ncc(C)cc12. The predicted molar refractivity (Wildman–Crippen MR) is 113 cm³/mol.